The Labute approximate surface area is 181 Å². The molecule has 0 unspecified atom stereocenters. The molecule has 0 aliphatic rings. The van der Waals surface area contributed by atoms with Crippen LogP contribution in [0.1, 0.15) is 39.8 Å². The topological polar surface area (TPSA) is 69.0 Å². The Balaban J connectivity index is 1.69. The summed E-state index contributed by atoms with van der Waals surface area (Å²) in [5, 5.41) is 8.49. The maximum Gasteiger partial charge on any atom is 0.252 e. The van der Waals surface area contributed by atoms with Crippen LogP contribution in [-0.2, 0) is 13.0 Å². The largest absolute Gasteiger partial charge is 0.497 e. The average molecular weight is 415 g/mol. The molecule has 0 aliphatic heterocycles. The fourth-order valence-corrected chi connectivity index (χ4v) is 3.71. The summed E-state index contributed by atoms with van der Waals surface area (Å²) >= 11 is 0. The Morgan fingerprint density at radius 1 is 1.06 bits per heavy atom. The van der Waals surface area contributed by atoms with E-state index in [1.807, 2.05) is 61.0 Å². The van der Waals surface area contributed by atoms with E-state index in [1.165, 1.54) is 5.56 Å². The van der Waals surface area contributed by atoms with Crippen molar-refractivity contribution in [3.05, 3.63) is 82.7 Å². The molecular formula is C25H26N4O2. The van der Waals surface area contributed by atoms with Crippen LogP contribution in [0.15, 0.2) is 54.6 Å². The number of rotatable bonds is 6. The Hall–Kier alpha value is -3.67. The van der Waals surface area contributed by atoms with E-state index in [0.717, 1.165) is 40.2 Å². The Bertz CT molecular complexity index is 1240. The van der Waals surface area contributed by atoms with Gasteiger partial charge in [-0.3, -0.25) is 4.79 Å². The highest BCUT2D eigenvalue weighted by Crippen LogP contribution is 2.25. The first kappa shape index (κ1) is 20.6. The van der Waals surface area contributed by atoms with E-state index in [4.69, 9.17) is 14.8 Å². The van der Waals surface area contributed by atoms with Crippen molar-refractivity contribution in [3.63, 3.8) is 0 Å². The molecule has 0 aliphatic carbocycles. The van der Waals surface area contributed by atoms with Crippen LogP contribution in [0.5, 0.6) is 5.75 Å². The quantitative estimate of drug-likeness (QED) is 0.503. The number of hydrogen-bond donors (Lipinski definition) is 1. The number of aromatic nitrogens is 3. The third kappa shape index (κ3) is 4.14. The highest BCUT2D eigenvalue weighted by Gasteiger charge is 2.19. The lowest BCUT2D eigenvalue weighted by Crippen LogP contribution is -2.23. The van der Waals surface area contributed by atoms with Crippen molar-refractivity contribution in [2.75, 3.05) is 7.11 Å². The lowest BCUT2D eigenvalue weighted by molar-refractivity contribution is 0.0952. The highest BCUT2D eigenvalue weighted by atomic mass is 16.5. The van der Waals surface area contributed by atoms with E-state index >= 15 is 0 Å². The van der Waals surface area contributed by atoms with Gasteiger partial charge >= 0.3 is 0 Å². The van der Waals surface area contributed by atoms with Crippen LogP contribution in [-0.4, -0.2) is 27.8 Å². The summed E-state index contributed by atoms with van der Waals surface area (Å²) in [6.45, 7) is 6.34. The minimum atomic E-state index is -0.151. The summed E-state index contributed by atoms with van der Waals surface area (Å²) in [5.41, 5.74) is 5.97. The van der Waals surface area contributed by atoms with Crippen LogP contribution in [0, 0.1) is 13.8 Å². The SMILES string of the molecule is CCc1ccc(-n2nc(C)c3c(C(=O)NCc4cccc(OC)c4)cc(C)nc32)cc1. The second-order valence-corrected chi connectivity index (χ2v) is 7.56. The van der Waals surface area contributed by atoms with E-state index in [-0.39, 0.29) is 5.91 Å². The van der Waals surface area contributed by atoms with Crippen molar-refractivity contribution in [1.82, 2.24) is 20.1 Å². The normalized spacial score (nSPS) is 11.0. The molecule has 0 radical (unpaired) electrons. The third-order valence-corrected chi connectivity index (χ3v) is 5.36. The first-order chi connectivity index (χ1) is 15.0. The van der Waals surface area contributed by atoms with Gasteiger partial charge in [0.15, 0.2) is 5.65 Å². The van der Waals surface area contributed by atoms with Crippen LogP contribution in [0.4, 0.5) is 0 Å². The van der Waals surface area contributed by atoms with Gasteiger partial charge in [0, 0.05) is 12.2 Å². The van der Waals surface area contributed by atoms with Gasteiger partial charge in [0.05, 0.1) is 29.4 Å². The lowest BCUT2D eigenvalue weighted by atomic mass is 10.1. The van der Waals surface area contributed by atoms with E-state index in [2.05, 4.69) is 24.4 Å². The molecule has 158 valence electrons. The summed E-state index contributed by atoms with van der Waals surface area (Å²) in [4.78, 5) is 17.8. The summed E-state index contributed by atoms with van der Waals surface area (Å²) < 4.78 is 7.08. The van der Waals surface area contributed by atoms with Gasteiger partial charge < -0.3 is 10.1 Å². The Kier molecular flexibility index (Phi) is 5.71. The average Bonchev–Trinajstić information content (AvgIpc) is 3.13. The number of carbonyl (C=O) groups excluding carboxylic acids is 1. The predicted octanol–water partition coefficient (Wildman–Crippen LogP) is 4.54. The molecule has 0 fully saturated rings. The summed E-state index contributed by atoms with van der Waals surface area (Å²) in [6.07, 6.45) is 0.980. The lowest BCUT2D eigenvalue weighted by Gasteiger charge is -2.09. The predicted molar refractivity (Wildman–Crippen MR) is 122 cm³/mol. The number of carbonyl (C=O) groups is 1. The van der Waals surface area contributed by atoms with Crippen molar-refractivity contribution >= 4 is 16.9 Å². The first-order valence-electron chi connectivity index (χ1n) is 10.4. The first-order valence-corrected chi connectivity index (χ1v) is 10.4. The zero-order valence-corrected chi connectivity index (χ0v) is 18.3. The minimum absolute atomic E-state index is 0.151. The van der Waals surface area contributed by atoms with Gasteiger partial charge in [-0.2, -0.15) is 5.10 Å². The fourth-order valence-electron chi connectivity index (χ4n) is 3.71. The van der Waals surface area contributed by atoms with Gasteiger partial charge in [-0.1, -0.05) is 31.2 Å². The van der Waals surface area contributed by atoms with Crippen molar-refractivity contribution in [1.29, 1.82) is 0 Å². The number of hydrogen-bond acceptors (Lipinski definition) is 4. The van der Waals surface area contributed by atoms with Gasteiger partial charge in [0.2, 0.25) is 0 Å². The molecule has 2 aromatic heterocycles. The fraction of sp³-hybridized carbons (Fsp3) is 0.240. The number of nitrogens with zero attached hydrogens (tertiary/aromatic N) is 3. The number of amides is 1. The van der Waals surface area contributed by atoms with Gasteiger partial charge in [0.25, 0.3) is 5.91 Å². The van der Waals surface area contributed by atoms with E-state index in [0.29, 0.717) is 17.8 Å². The molecule has 6 nitrogen and oxygen atoms in total. The molecule has 0 bridgehead atoms. The molecule has 6 heteroatoms. The maximum atomic E-state index is 13.1. The van der Waals surface area contributed by atoms with Crippen molar-refractivity contribution in [3.8, 4) is 11.4 Å². The molecular weight excluding hydrogens is 388 g/mol. The van der Waals surface area contributed by atoms with Crippen LogP contribution in [0.2, 0.25) is 0 Å². The van der Waals surface area contributed by atoms with E-state index in [9.17, 15) is 4.79 Å². The van der Waals surface area contributed by atoms with E-state index < -0.39 is 0 Å². The Morgan fingerprint density at radius 2 is 1.84 bits per heavy atom. The number of aryl methyl sites for hydroxylation is 3. The Morgan fingerprint density at radius 3 is 2.55 bits per heavy atom. The minimum Gasteiger partial charge on any atom is -0.497 e. The molecule has 0 spiro atoms. The van der Waals surface area contributed by atoms with Crippen LogP contribution in [0.25, 0.3) is 16.7 Å². The van der Waals surface area contributed by atoms with Crippen molar-refractivity contribution in [2.24, 2.45) is 0 Å². The number of methoxy groups -OCH3 is 1. The molecule has 2 heterocycles. The van der Waals surface area contributed by atoms with Crippen LogP contribution in [0.3, 0.4) is 0 Å². The number of pyridine rings is 1. The summed E-state index contributed by atoms with van der Waals surface area (Å²) in [7, 11) is 1.63. The van der Waals surface area contributed by atoms with Crippen LogP contribution >= 0.6 is 0 Å². The zero-order chi connectivity index (χ0) is 22.0. The maximum absolute atomic E-state index is 13.1. The number of nitrogens with one attached hydrogen (secondary N) is 1. The zero-order valence-electron chi connectivity index (χ0n) is 18.3. The van der Waals surface area contributed by atoms with Gasteiger partial charge in [-0.15, -0.1) is 0 Å². The standard InChI is InChI=1S/C25H26N4O2/c1-5-18-9-11-20(12-10-18)29-24-23(17(3)28-29)22(13-16(2)27-24)25(30)26-15-19-7-6-8-21(14-19)31-4/h6-14H,5,15H2,1-4H3,(H,26,30). The second-order valence-electron chi connectivity index (χ2n) is 7.56. The third-order valence-electron chi connectivity index (χ3n) is 5.36. The molecule has 2 aromatic carbocycles. The summed E-state index contributed by atoms with van der Waals surface area (Å²) in [6, 6.07) is 17.7. The number of ether oxygens (including phenoxy) is 1. The molecule has 0 saturated carbocycles. The molecule has 0 saturated heterocycles. The van der Waals surface area contributed by atoms with Crippen LogP contribution < -0.4 is 10.1 Å². The highest BCUT2D eigenvalue weighted by molar-refractivity contribution is 6.06. The van der Waals surface area contributed by atoms with Gasteiger partial charge in [0.1, 0.15) is 5.75 Å². The van der Waals surface area contributed by atoms with E-state index in [1.54, 1.807) is 7.11 Å². The monoisotopic (exact) mass is 414 g/mol. The molecule has 1 N–H and O–H groups in total. The van der Waals surface area contributed by atoms with Gasteiger partial charge in [-0.05, 0) is 61.7 Å². The number of benzene rings is 2. The molecule has 4 rings (SSSR count). The summed E-state index contributed by atoms with van der Waals surface area (Å²) in [5.74, 6) is 0.613. The second kappa shape index (κ2) is 8.60. The van der Waals surface area contributed by atoms with Gasteiger partial charge in [-0.25, -0.2) is 9.67 Å². The molecule has 1 amide bonds. The van der Waals surface area contributed by atoms with Crippen molar-refractivity contribution < 1.29 is 9.53 Å². The number of fused-ring (bicyclic) bond motifs is 1. The molecule has 0 atom stereocenters. The molecule has 31 heavy (non-hydrogen) atoms. The smallest absolute Gasteiger partial charge is 0.252 e. The molecule has 4 aromatic rings. The van der Waals surface area contributed by atoms with Crippen molar-refractivity contribution in [2.45, 2.75) is 33.7 Å².